The number of para-hydroxylation sites is 1. The van der Waals surface area contributed by atoms with Crippen molar-refractivity contribution in [2.75, 3.05) is 37.0 Å². The first-order valence-electron chi connectivity index (χ1n) is 14.3. The van der Waals surface area contributed by atoms with E-state index in [0.717, 1.165) is 44.2 Å². The summed E-state index contributed by atoms with van der Waals surface area (Å²) in [5, 5.41) is 11.0. The van der Waals surface area contributed by atoms with E-state index in [1.807, 2.05) is 42.2 Å². The molecule has 0 radical (unpaired) electrons. The van der Waals surface area contributed by atoms with Gasteiger partial charge in [0.1, 0.15) is 18.4 Å². The topological polar surface area (TPSA) is 106 Å². The molecule has 1 fully saturated rings. The van der Waals surface area contributed by atoms with Crippen LogP contribution < -0.4 is 9.04 Å². The largest absolute Gasteiger partial charge is 0.489 e. The molecule has 13 heteroatoms. The lowest BCUT2D eigenvalue weighted by molar-refractivity contribution is -0.143. The van der Waals surface area contributed by atoms with Gasteiger partial charge in [0.05, 0.1) is 23.3 Å². The zero-order valence-electron chi connectivity index (χ0n) is 24.5. The minimum atomic E-state index is -4.40. The van der Waals surface area contributed by atoms with E-state index < -0.39 is 35.0 Å². The van der Waals surface area contributed by atoms with Crippen molar-refractivity contribution in [3.63, 3.8) is 0 Å². The van der Waals surface area contributed by atoms with Crippen LogP contribution in [0.5, 0.6) is 5.75 Å². The summed E-state index contributed by atoms with van der Waals surface area (Å²) < 4.78 is 68.1. The van der Waals surface area contributed by atoms with Gasteiger partial charge in [-0.2, -0.15) is 13.2 Å². The molecule has 0 saturated carbocycles. The Morgan fingerprint density at radius 1 is 1.02 bits per heavy atom. The number of benzene rings is 3. The van der Waals surface area contributed by atoms with Gasteiger partial charge in [0, 0.05) is 49.4 Å². The van der Waals surface area contributed by atoms with Crippen LogP contribution in [0.25, 0.3) is 10.9 Å². The predicted octanol–water partition coefficient (Wildman–Crippen LogP) is 5.36. The van der Waals surface area contributed by atoms with E-state index in [1.54, 1.807) is 29.2 Å². The summed E-state index contributed by atoms with van der Waals surface area (Å²) in [6, 6.07) is 20.3. The fraction of sp³-hybridized carbons (Fsp3) is 0.312. The standard InChI is InChI=1S/C32H33F3N4O5S/c1-22-18-24(28-4-2-3-5-29(28)36-22)21-44-27-12-10-26(11-13-27)39(45(42)43)20-30(31(40)41)38-16-14-37(15-17-38)19-23-6-8-25(9-7-23)32(33,34)35/h2-13,18,30H,14-17,19-21H2,1H3,(H,40,41)(H,42,43)/t30-/m0/s1. The molecule has 0 aliphatic carbocycles. The van der Waals surface area contributed by atoms with E-state index in [0.29, 0.717) is 50.8 Å². The summed E-state index contributed by atoms with van der Waals surface area (Å²) >= 11 is -2.49. The second-order valence-electron chi connectivity index (χ2n) is 10.9. The van der Waals surface area contributed by atoms with Gasteiger partial charge in [-0.1, -0.05) is 30.3 Å². The van der Waals surface area contributed by atoms with Crippen molar-refractivity contribution in [3.8, 4) is 5.75 Å². The quantitative estimate of drug-likeness (QED) is 0.211. The molecule has 5 rings (SSSR count). The number of carboxylic acids is 1. The minimum absolute atomic E-state index is 0.236. The molecule has 45 heavy (non-hydrogen) atoms. The zero-order valence-corrected chi connectivity index (χ0v) is 25.3. The Bertz CT molecular complexity index is 1650. The molecule has 2 atom stereocenters. The first kappa shape index (κ1) is 32.4. The maximum atomic E-state index is 12.9. The summed E-state index contributed by atoms with van der Waals surface area (Å²) in [6.07, 6.45) is -4.40. The number of carboxylic acid groups (broad SMARTS) is 1. The van der Waals surface area contributed by atoms with Gasteiger partial charge in [0.15, 0.2) is 0 Å². The molecule has 0 bridgehead atoms. The van der Waals surface area contributed by atoms with Crippen LogP contribution in [0.2, 0.25) is 0 Å². The third-order valence-corrected chi connectivity index (χ3v) is 8.53. The number of hydrogen-bond acceptors (Lipinski definition) is 6. The molecular formula is C32H33F3N4O5S. The van der Waals surface area contributed by atoms with Crippen molar-refractivity contribution >= 4 is 33.8 Å². The van der Waals surface area contributed by atoms with Crippen LogP contribution in [0.1, 0.15) is 22.4 Å². The Kier molecular flexibility index (Phi) is 10.0. The van der Waals surface area contributed by atoms with Crippen LogP contribution in [0.15, 0.2) is 78.9 Å². The number of ether oxygens (including phenoxy) is 1. The van der Waals surface area contributed by atoms with Crippen LogP contribution >= 0.6 is 0 Å². The summed E-state index contributed by atoms with van der Waals surface area (Å²) in [7, 11) is 0. The summed E-state index contributed by atoms with van der Waals surface area (Å²) in [6.45, 7) is 4.14. The molecule has 2 N–H and O–H groups in total. The van der Waals surface area contributed by atoms with Crippen molar-refractivity contribution in [1.82, 2.24) is 14.8 Å². The Morgan fingerprint density at radius 2 is 1.69 bits per heavy atom. The monoisotopic (exact) mass is 642 g/mol. The number of nitrogens with zero attached hydrogens (tertiary/aromatic N) is 4. The first-order valence-corrected chi connectivity index (χ1v) is 15.4. The molecule has 238 valence electrons. The number of aryl methyl sites for hydroxylation is 1. The fourth-order valence-electron chi connectivity index (χ4n) is 5.44. The number of aromatic nitrogens is 1. The smallest absolute Gasteiger partial charge is 0.416 e. The first-order chi connectivity index (χ1) is 21.5. The molecule has 0 spiro atoms. The maximum absolute atomic E-state index is 12.9. The van der Waals surface area contributed by atoms with Crippen LogP contribution in [0.4, 0.5) is 18.9 Å². The van der Waals surface area contributed by atoms with E-state index in [1.165, 1.54) is 12.1 Å². The Morgan fingerprint density at radius 3 is 2.31 bits per heavy atom. The highest BCUT2D eigenvalue weighted by atomic mass is 32.2. The average molecular weight is 643 g/mol. The molecule has 1 unspecified atom stereocenters. The second-order valence-corrected chi connectivity index (χ2v) is 11.8. The van der Waals surface area contributed by atoms with Gasteiger partial charge >= 0.3 is 12.1 Å². The van der Waals surface area contributed by atoms with Crippen molar-refractivity contribution < 1.29 is 36.6 Å². The number of halogens is 3. The number of carbonyl (C=O) groups is 1. The van der Waals surface area contributed by atoms with Gasteiger partial charge in [-0.05, 0) is 61.0 Å². The Labute approximate surface area is 261 Å². The number of anilines is 1. The highest BCUT2D eigenvalue weighted by Crippen LogP contribution is 2.29. The summed E-state index contributed by atoms with van der Waals surface area (Å²) in [5.74, 6) is -0.582. The molecule has 9 nitrogen and oxygen atoms in total. The molecule has 2 heterocycles. The zero-order chi connectivity index (χ0) is 32.1. The van der Waals surface area contributed by atoms with Gasteiger partial charge in [-0.15, -0.1) is 0 Å². The molecule has 1 aromatic heterocycles. The van der Waals surface area contributed by atoms with Gasteiger partial charge in [-0.3, -0.25) is 28.4 Å². The number of aliphatic carboxylic acids is 1. The van der Waals surface area contributed by atoms with E-state index in [-0.39, 0.29) is 6.54 Å². The fourth-order valence-corrected chi connectivity index (χ4v) is 6.01. The molecule has 0 amide bonds. The molecule has 1 saturated heterocycles. The van der Waals surface area contributed by atoms with Crippen LogP contribution in [0, 0.1) is 6.92 Å². The van der Waals surface area contributed by atoms with Gasteiger partial charge < -0.3 is 9.84 Å². The van der Waals surface area contributed by atoms with Crippen LogP contribution in [-0.4, -0.2) is 73.4 Å². The highest BCUT2D eigenvalue weighted by Gasteiger charge is 2.33. The Balaban J connectivity index is 1.19. The van der Waals surface area contributed by atoms with E-state index in [4.69, 9.17) is 4.74 Å². The lowest BCUT2D eigenvalue weighted by atomic mass is 10.1. The van der Waals surface area contributed by atoms with E-state index in [2.05, 4.69) is 4.98 Å². The van der Waals surface area contributed by atoms with Crippen molar-refractivity contribution in [1.29, 1.82) is 0 Å². The number of hydrogen-bond donors (Lipinski definition) is 2. The highest BCUT2D eigenvalue weighted by molar-refractivity contribution is 7.80. The lowest BCUT2D eigenvalue weighted by Gasteiger charge is -2.39. The maximum Gasteiger partial charge on any atom is 0.416 e. The Hall–Kier alpha value is -4.04. The summed E-state index contributed by atoms with van der Waals surface area (Å²) in [5.41, 5.74) is 3.11. The van der Waals surface area contributed by atoms with Crippen molar-refractivity contribution in [2.45, 2.75) is 32.3 Å². The third-order valence-electron chi connectivity index (χ3n) is 7.80. The third kappa shape index (κ3) is 8.17. The molecule has 1 aliphatic rings. The average Bonchev–Trinajstić information content (AvgIpc) is 3.01. The van der Waals surface area contributed by atoms with Crippen LogP contribution in [-0.2, 0) is 35.4 Å². The van der Waals surface area contributed by atoms with Crippen molar-refractivity contribution in [2.24, 2.45) is 0 Å². The number of pyridine rings is 1. The number of piperazine rings is 1. The normalized spacial score (nSPS) is 15.9. The van der Waals surface area contributed by atoms with E-state index in [9.17, 15) is 31.8 Å². The van der Waals surface area contributed by atoms with Crippen LogP contribution in [0.3, 0.4) is 0 Å². The number of rotatable bonds is 11. The van der Waals surface area contributed by atoms with Gasteiger partial charge in [-0.25, -0.2) is 4.21 Å². The minimum Gasteiger partial charge on any atom is -0.489 e. The second kappa shape index (κ2) is 13.9. The lowest BCUT2D eigenvalue weighted by Crippen LogP contribution is -2.56. The number of alkyl halides is 3. The van der Waals surface area contributed by atoms with Gasteiger partial charge in [0.25, 0.3) is 11.3 Å². The number of fused-ring (bicyclic) bond motifs is 1. The SMILES string of the molecule is Cc1cc(COc2ccc(N(C[C@@H](C(=O)O)N3CCN(Cc4ccc(C(F)(F)F)cc4)CC3)S(=O)O)cc2)c2ccccc2n1. The molecule has 3 aromatic carbocycles. The summed E-state index contributed by atoms with van der Waals surface area (Å²) in [4.78, 5) is 20.6. The van der Waals surface area contributed by atoms with Crippen molar-refractivity contribution in [3.05, 3.63) is 101 Å². The van der Waals surface area contributed by atoms with Gasteiger partial charge in [0.2, 0.25) is 0 Å². The predicted molar refractivity (Wildman–Crippen MR) is 165 cm³/mol. The van der Waals surface area contributed by atoms with E-state index >= 15 is 0 Å². The molecule has 4 aromatic rings. The molecular weight excluding hydrogens is 609 g/mol. The molecule has 1 aliphatic heterocycles.